The van der Waals surface area contributed by atoms with Gasteiger partial charge in [-0.25, -0.2) is 4.79 Å². The van der Waals surface area contributed by atoms with Crippen molar-refractivity contribution in [3.05, 3.63) is 35.4 Å². The summed E-state index contributed by atoms with van der Waals surface area (Å²) in [5.41, 5.74) is 1.23. The molecular formula is C19H23NO8. The summed E-state index contributed by atoms with van der Waals surface area (Å²) in [6.45, 7) is 0.713. The molecule has 1 aliphatic rings. The van der Waals surface area contributed by atoms with E-state index >= 15 is 0 Å². The number of benzene rings is 1. The number of aliphatic hydroxyl groups excluding tert-OH is 4. The van der Waals surface area contributed by atoms with Crippen molar-refractivity contribution in [1.82, 2.24) is 5.32 Å². The molecule has 0 spiro atoms. The molecule has 0 aliphatic carbocycles. The fourth-order valence-electron chi connectivity index (χ4n) is 2.78. The molecule has 1 fully saturated rings. The lowest BCUT2D eigenvalue weighted by atomic mass is 9.95. The molecule has 28 heavy (non-hydrogen) atoms. The maximum absolute atomic E-state index is 11.2. The molecule has 1 aromatic rings. The highest BCUT2D eigenvalue weighted by Gasteiger charge is 2.42. The van der Waals surface area contributed by atoms with Crippen LogP contribution >= 0.6 is 0 Å². The van der Waals surface area contributed by atoms with Gasteiger partial charge in [0.15, 0.2) is 0 Å². The van der Waals surface area contributed by atoms with Crippen LogP contribution in [0.5, 0.6) is 0 Å². The SMILES string of the molecule is CC(=O)N[C@@H](Cc1ccc(C#C[C@@H]2O[C@H](CO)[C@H](O)[C@H](O)[C@H]2O)cc1)C(=O)O. The van der Waals surface area contributed by atoms with Gasteiger partial charge in [-0.05, 0) is 17.7 Å². The molecule has 1 aromatic carbocycles. The molecule has 6 atom stereocenters. The molecule has 1 amide bonds. The van der Waals surface area contributed by atoms with Gasteiger partial charge >= 0.3 is 5.97 Å². The van der Waals surface area contributed by atoms with Crippen molar-refractivity contribution in [2.75, 3.05) is 6.61 Å². The van der Waals surface area contributed by atoms with Gasteiger partial charge in [0.2, 0.25) is 5.91 Å². The lowest BCUT2D eigenvalue weighted by Crippen LogP contribution is -2.58. The second-order valence-corrected chi connectivity index (χ2v) is 6.51. The van der Waals surface area contributed by atoms with Crippen LogP contribution in [0, 0.1) is 11.8 Å². The second-order valence-electron chi connectivity index (χ2n) is 6.51. The Balaban J connectivity index is 2.06. The maximum atomic E-state index is 11.2. The number of rotatable bonds is 5. The van der Waals surface area contributed by atoms with Crippen LogP contribution in [0.2, 0.25) is 0 Å². The van der Waals surface area contributed by atoms with E-state index in [4.69, 9.17) is 9.84 Å². The number of aliphatic hydroxyl groups is 4. The molecule has 9 heteroatoms. The average molecular weight is 393 g/mol. The van der Waals surface area contributed by atoms with Crippen molar-refractivity contribution in [2.24, 2.45) is 0 Å². The first-order valence-corrected chi connectivity index (χ1v) is 8.63. The quantitative estimate of drug-likeness (QED) is 0.314. The minimum Gasteiger partial charge on any atom is -0.480 e. The Kier molecular flexibility index (Phi) is 7.51. The van der Waals surface area contributed by atoms with Crippen LogP contribution in [0.4, 0.5) is 0 Å². The van der Waals surface area contributed by atoms with Gasteiger partial charge in [0, 0.05) is 18.9 Å². The Labute approximate surface area is 161 Å². The zero-order valence-electron chi connectivity index (χ0n) is 15.1. The van der Waals surface area contributed by atoms with Crippen molar-refractivity contribution in [3.8, 4) is 11.8 Å². The van der Waals surface area contributed by atoms with E-state index in [1.165, 1.54) is 6.92 Å². The fraction of sp³-hybridized carbons (Fsp3) is 0.474. The highest BCUT2D eigenvalue weighted by molar-refractivity contribution is 5.82. The van der Waals surface area contributed by atoms with Gasteiger partial charge in [-0.2, -0.15) is 0 Å². The van der Waals surface area contributed by atoms with E-state index in [0.717, 1.165) is 0 Å². The van der Waals surface area contributed by atoms with E-state index in [1.807, 2.05) is 0 Å². The predicted octanol–water partition coefficient (Wildman–Crippen LogP) is -1.99. The summed E-state index contributed by atoms with van der Waals surface area (Å²) in [5, 5.41) is 50.1. The van der Waals surface area contributed by atoms with Crippen LogP contribution in [-0.4, -0.2) is 80.6 Å². The number of ether oxygens (including phenoxy) is 1. The Morgan fingerprint density at radius 3 is 2.32 bits per heavy atom. The molecule has 6 N–H and O–H groups in total. The molecule has 9 nitrogen and oxygen atoms in total. The second kappa shape index (κ2) is 9.64. The number of carboxylic acids is 1. The normalized spacial score (nSPS) is 28.0. The van der Waals surface area contributed by atoms with Crippen molar-refractivity contribution >= 4 is 11.9 Å². The van der Waals surface area contributed by atoms with Crippen LogP contribution in [0.1, 0.15) is 18.1 Å². The van der Waals surface area contributed by atoms with E-state index in [0.29, 0.717) is 11.1 Å². The summed E-state index contributed by atoms with van der Waals surface area (Å²) in [6, 6.07) is 5.56. The van der Waals surface area contributed by atoms with Crippen LogP contribution < -0.4 is 5.32 Å². The fourth-order valence-corrected chi connectivity index (χ4v) is 2.78. The van der Waals surface area contributed by atoms with Crippen molar-refractivity contribution in [1.29, 1.82) is 0 Å². The Hall–Kier alpha value is -2.48. The lowest BCUT2D eigenvalue weighted by Gasteiger charge is -2.37. The van der Waals surface area contributed by atoms with Gasteiger partial charge in [-0.15, -0.1) is 0 Å². The third-order valence-electron chi connectivity index (χ3n) is 4.32. The van der Waals surface area contributed by atoms with E-state index < -0.39 is 55.0 Å². The third-order valence-corrected chi connectivity index (χ3v) is 4.32. The summed E-state index contributed by atoms with van der Waals surface area (Å²) >= 11 is 0. The van der Waals surface area contributed by atoms with Gasteiger partial charge in [0.05, 0.1) is 6.61 Å². The van der Waals surface area contributed by atoms with Crippen LogP contribution in [0.3, 0.4) is 0 Å². The van der Waals surface area contributed by atoms with Crippen LogP contribution in [0.25, 0.3) is 0 Å². The Bertz CT molecular complexity index is 751. The number of carboxylic acid groups (broad SMARTS) is 1. The van der Waals surface area contributed by atoms with Crippen molar-refractivity contribution in [2.45, 2.75) is 49.9 Å². The first-order valence-electron chi connectivity index (χ1n) is 8.63. The van der Waals surface area contributed by atoms with Crippen molar-refractivity contribution < 1.29 is 39.9 Å². The summed E-state index contributed by atoms with van der Waals surface area (Å²) in [4.78, 5) is 22.3. The van der Waals surface area contributed by atoms with E-state index in [-0.39, 0.29) is 6.42 Å². The van der Waals surface area contributed by atoms with Crippen molar-refractivity contribution in [3.63, 3.8) is 0 Å². The highest BCUT2D eigenvalue weighted by Crippen LogP contribution is 2.20. The summed E-state index contributed by atoms with van der Waals surface area (Å²) in [5.74, 6) is 3.84. The third kappa shape index (κ3) is 5.51. The van der Waals surface area contributed by atoms with Gasteiger partial charge in [0.1, 0.15) is 36.6 Å². The van der Waals surface area contributed by atoms with E-state index in [1.54, 1.807) is 24.3 Å². The lowest BCUT2D eigenvalue weighted by molar-refractivity contribution is -0.214. The van der Waals surface area contributed by atoms with Gasteiger partial charge < -0.3 is 35.6 Å². The molecule has 1 aliphatic heterocycles. The molecule has 0 radical (unpaired) electrons. The molecule has 1 saturated heterocycles. The molecule has 0 unspecified atom stereocenters. The number of aliphatic carboxylic acids is 1. The summed E-state index contributed by atoms with van der Waals surface area (Å²) in [6.07, 6.45) is -6.38. The number of carbonyl (C=O) groups excluding carboxylic acids is 1. The van der Waals surface area contributed by atoms with Crippen LogP contribution in [-0.2, 0) is 20.7 Å². The Morgan fingerprint density at radius 1 is 1.14 bits per heavy atom. The number of hydrogen-bond acceptors (Lipinski definition) is 7. The minimum absolute atomic E-state index is 0.106. The summed E-state index contributed by atoms with van der Waals surface area (Å²) < 4.78 is 5.30. The molecule has 0 bridgehead atoms. The Morgan fingerprint density at radius 2 is 1.79 bits per heavy atom. The largest absolute Gasteiger partial charge is 0.480 e. The maximum Gasteiger partial charge on any atom is 0.326 e. The topological polar surface area (TPSA) is 157 Å². The molecular weight excluding hydrogens is 370 g/mol. The number of amides is 1. The number of carbonyl (C=O) groups is 2. The van der Waals surface area contributed by atoms with E-state index in [9.17, 15) is 30.0 Å². The van der Waals surface area contributed by atoms with Crippen LogP contribution in [0.15, 0.2) is 24.3 Å². The predicted molar refractivity (Wildman–Crippen MR) is 96.0 cm³/mol. The highest BCUT2D eigenvalue weighted by atomic mass is 16.5. The summed E-state index contributed by atoms with van der Waals surface area (Å²) in [7, 11) is 0. The van der Waals surface area contributed by atoms with Gasteiger partial charge in [-0.1, -0.05) is 24.0 Å². The smallest absolute Gasteiger partial charge is 0.326 e. The number of hydrogen-bond donors (Lipinski definition) is 6. The molecule has 0 aromatic heterocycles. The molecule has 1 heterocycles. The van der Waals surface area contributed by atoms with Gasteiger partial charge in [0.25, 0.3) is 0 Å². The van der Waals surface area contributed by atoms with Gasteiger partial charge in [-0.3, -0.25) is 4.79 Å². The average Bonchev–Trinajstić information content (AvgIpc) is 2.66. The molecule has 152 valence electrons. The first-order chi connectivity index (χ1) is 13.2. The zero-order valence-corrected chi connectivity index (χ0v) is 15.1. The molecule has 2 rings (SSSR count). The standard InChI is InChI=1S/C19H23NO8/c1-10(22)20-13(19(26)27)8-12-4-2-11(3-5-12)6-7-14-16(23)18(25)17(24)15(9-21)28-14/h2-5,13-18,21,23-25H,8-9H2,1H3,(H,20,22)(H,26,27)/t13-,14-,15+,16-,17-,18+/m0/s1. The minimum atomic E-state index is -1.49. The monoisotopic (exact) mass is 393 g/mol. The zero-order chi connectivity index (χ0) is 20.8. The number of nitrogens with one attached hydrogen (secondary N) is 1. The first kappa shape index (κ1) is 21.8. The molecule has 0 saturated carbocycles. The van der Waals surface area contributed by atoms with E-state index in [2.05, 4.69) is 17.2 Å².